The van der Waals surface area contributed by atoms with E-state index in [0.29, 0.717) is 0 Å². The Morgan fingerprint density at radius 1 is 1.04 bits per heavy atom. The third-order valence-corrected chi connectivity index (χ3v) is 3.76. The first-order valence-corrected chi connectivity index (χ1v) is 7.41. The third kappa shape index (κ3) is 3.40. The van der Waals surface area contributed by atoms with E-state index in [1.807, 2.05) is 18.2 Å². The Labute approximate surface area is 140 Å². The highest BCUT2D eigenvalue weighted by molar-refractivity contribution is 5.97. The van der Waals surface area contributed by atoms with E-state index in [2.05, 4.69) is 10.3 Å². The molecule has 0 radical (unpaired) electrons. The number of halogens is 3. The fraction of sp³-hybridized carbons (Fsp3) is 0.111. The molecule has 0 saturated carbocycles. The first-order valence-electron chi connectivity index (χ1n) is 7.41. The molecule has 0 spiro atoms. The number of aromatic nitrogens is 1. The minimum atomic E-state index is -4.60. The average Bonchev–Trinajstić information content (AvgIpc) is 2.60. The summed E-state index contributed by atoms with van der Waals surface area (Å²) in [5, 5.41) is 2.41. The van der Waals surface area contributed by atoms with Crippen LogP contribution in [0.2, 0.25) is 0 Å². The zero-order valence-electron chi connectivity index (χ0n) is 12.9. The molecule has 1 heterocycles. The molecule has 25 heavy (non-hydrogen) atoms. The summed E-state index contributed by atoms with van der Waals surface area (Å²) in [6.45, 7) is 0.208. The van der Waals surface area contributed by atoms with Gasteiger partial charge in [-0.05, 0) is 17.7 Å². The average molecular weight is 346 g/mol. The summed E-state index contributed by atoms with van der Waals surface area (Å²) in [7, 11) is 0. The number of alkyl halides is 3. The van der Waals surface area contributed by atoms with E-state index in [4.69, 9.17) is 0 Å². The lowest BCUT2D eigenvalue weighted by Crippen LogP contribution is -2.28. The van der Waals surface area contributed by atoms with Gasteiger partial charge < -0.3 is 10.3 Å². The van der Waals surface area contributed by atoms with Gasteiger partial charge in [0.2, 0.25) is 5.43 Å². The first kappa shape index (κ1) is 16.8. The van der Waals surface area contributed by atoms with Crippen molar-refractivity contribution in [1.82, 2.24) is 10.3 Å². The molecular formula is C18H13F3N2O2. The number of pyridine rings is 1. The first-order chi connectivity index (χ1) is 11.9. The smallest absolute Gasteiger partial charge is 0.360 e. The molecule has 0 fully saturated rings. The van der Waals surface area contributed by atoms with Crippen LogP contribution in [0.25, 0.3) is 10.9 Å². The topological polar surface area (TPSA) is 62.0 Å². The van der Waals surface area contributed by atoms with Crippen LogP contribution in [0.5, 0.6) is 0 Å². The number of amides is 1. The molecule has 128 valence electrons. The Morgan fingerprint density at radius 2 is 1.76 bits per heavy atom. The van der Waals surface area contributed by atoms with Gasteiger partial charge in [-0.3, -0.25) is 9.59 Å². The maximum absolute atomic E-state index is 13.0. The van der Waals surface area contributed by atoms with Crippen LogP contribution in [-0.4, -0.2) is 10.9 Å². The number of aromatic amines is 1. The highest BCUT2D eigenvalue weighted by Gasteiger charge is 2.33. The summed E-state index contributed by atoms with van der Waals surface area (Å²) >= 11 is 0. The maximum atomic E-state index is 13.0. The van der Waals surface area contributed by atoms with Crippen molar-refractivity contribution in [3.05, 3.63) is 81.6 Å². The molecule has 0 aliphatic carbocycles. The number of H-pyrrole nitrogens is 1. The zero-order valence-corrected chi connectivity index (χ0v) is 12.9. The minimum Gasteiger partial charge on any atom is -0.360 e. The monoisotopic (exact) mass is 346 g/mol. The summed E-state index contributed by atoms with van der Waals surface area (Å²) in [6, 6.07) is 12.3. The number of fused-ring (bicyclic) bond motifs is 1. The summed E-state index contributed by atoms with van der Waals surface area (Å²) in [6.07, 6.45) is -3.58. The molecule has 4 nitrogen and oxygen atoms in total. The predicted octanol–water partition coefficient (Wildman–Crippen LogP) is 3.48. The number of para-hydroxylation sites is 1. The fourth-order valence-electron chi connectivity index (χ4n) is 2.53. The Balaban J connectivity index is 1.94. The number of carbonyl (C=O) groups is 1. The van der Waals surface area contributed by atoms with Crippen LogP contribution in [0.4, 0.5) is 13.2 Å². The normalized spacial score (nSPS) is 11.5. The van der Waals surface area contributed by atoms with Gasteiger partial charge in [-0.2, -0.15) is 13.2 Å². The lowest BCUT2D eigenvalue weighted by Gasteiger charge is -2.11. The van der Waals surface area contributed by atoms with Crippen molar-refractivity contribution in [3.63, 3.8) is 0 Å². The number of benzene rings is 2. The number of hydrogen-bond donors (Lipinski definition) is 2. The van der Waals surface area contributed by atoms with Gasteiger partial charge in [-0.25, -0.2) is 0 Å². The second-order valence-corrected chi connectivity index (χ2v) is 5.43. The highest BCUT2D eigenvalue weighted by atomic mass is 19.4. The van der Waals surface area contributed by atoms with Gasteiger partial charge in [0.25, 0.3) is 5.91 Å². The molecule has 7 heteroatoms. The van der Waals surface area contributed by atoms with Crippen molar-refractivity contribution in [2.45, 2.75) is 12.7 Å². The van der Waals surface area contributed by atoms with Crippen LogP contribution in [0, 0.1) is 0 Å². The predicted molar refractivity (Wildman–Crippen MR) is 87.2 cm³/mol. The number of carbonyl (C=O) groups excluding carboxylic acids is 1. The largest absolute Gasteiger partial charge is 0.418 e. The van der Waals surface area contributed by atoms with Gasteiger partial charge in [0.1, 0.15) is 5.56 Å². The Hall–Kier alpha value is -3.09. The minimum absolute atomic E-state index is 0.179. The molecule has 3 rings (SSSR count). The Morgan fingerprint density at radius 3 is 2.44 bits per heavy atom. The zero-order chi connectivity index (χ0) is 18.0. The van der Waals surface area contributed by atoms with Crippen LogP contribution in [0.1, 0.15) is 21.5 Å². The van der Waals surface area contributed by atoms with Crippen LogP contribution in [0.15, 0.2) is 59.5 Å². The number of rotatable bonds is 3. The van der Waals surface area contributed by atoms with Crippen LogP contribution >= 0.6 is 0 Å². The van der Waals surface area contributed by atoms with E-state index in [9.17, 15) is 22.8 Å². The van der Waals surface area contributed by atoms with Crippen molar-refractivity contribution in [1.29, 1.82) is 0 Å². The fourth-order valence-corrected chi connectivity index (χ4v) is 2.53. The number of hydrogen-bond acceptors (Lipinski definition) is 2. The maximum Gasteiger partial charge on any atom is 0.418 e. The van der Waals surface area contributed by atoms with E-state index in [0.717, 1.165) is 23.9 Å². The molecule has 0 atom stereocenters. The molecule has 0 aliphatic heterocycles. The molecule has 1 aromatic heterocycles. The second kappa shape index (κ2) is 6.43. The van der Waals surface area contributed by atoms with Crippen LogP contribution in [-0.2, 0) is 12.7 Å². The molecule has 0 saturated heterocycles. The SMILES string of the molecule is O=C(NCc1ccccc1)c1c[nH]c2c(C(F)(F)F)cccc2c1=O. The summed E-state index contributed by atoms with van der Waals surface area (Å²) in [4.78, 5) is 27.1. The summed E-state index contributed by atoms with van der Waals surface area (Å²) in [5.74, 6) is -0.649. The van der Waals surface area contributed by atoms with Crippen molar-refractivity contribution in [3.8, 4) is 0 Å². The molecular weight excluding hydrogens is 333 g/mol. The molecule has 0 bridgehead atoms. The molecule has 3 aromatic rings. The van der Waals surface area contributed by atoms with Crippen molar-refractivity contribution < 1.29 is 18.0 Å². The Kier molecular flexibility index (Phi) is 4.31. The van der Waals surface area contributed by atoms with E-state index in [1.54, 1.807) is 12.1 Å². The van der Waals surface area contributed by atoms with E-state index in [1.165, 1.54) is 6.07 Å². The van der Waals surface area contributed by atoms with Gasteiger partial charge in [0.05, 0.1) is 11.1 Å². The highest BCUT2D eigenvalue weighted by Crippen LogP contribution is 2.32. The summed E-state index contributed by atoms with van der Waals surface area (Å²) < 4.78 is 39.0. The van der Waals surface area contributed by atoms with Crippen molar-refractivity contribution >= 4 is 16.8 Å². The molecule has 0 aliphatic rings. The molecule has 2 N–H and O–H groups in total. The van der Waals surface area contributed by atoms with Gasteiger partial charge in [-0.1, -0.05) is 36.4 Å². The molecule has 0 unspecified atom stereocenters. The summed E-state index contributed by atoms with van der Waals surface area (Å²) in [5.41, 5.74) is -1.42. The van der Waals surface area contributed by atoms with Gasteiger partial charge in [0, 0.05) is 18.1 Å². The third-order valence-electron chi connectivity index (χ3n) is 3.76. The van der Waals surface area contributed by atoms with E-state index >= 15 is 0 Å². The van der Waals surface area contributed by atoms with Crippen LogP contribution in [0.3, 0.4) is 0 Å². The lowest BCUT2D eigenvalue weighted by molar-refractivity contribution is -0.136. The van der Waals surface area contributed by atoms with Crippen molar-refractivity contribution in [2.75, 3.05) is 0 Å². The standard InChI is InChI=1S/C18H13F3N2O2/c19-18(20,21)14-8-4-7-12-15(14)22-10-13(16(12)24)17(25)23-9-11-5-2-1-3-6-11/h1-8,10H,9H2,(H,22,24)(H,23,25). The molecule has 2 aromatic carbocycles. The lowest BCUT2D eigenvalue weighted by atomic mass is 10.1. The van der Waals surface area contributed by atoms with Gasteiger partial charge in [-0.15, -0.1) is 0 Å². The molecule has 1 amide bonds. The van der Waals surface area contributed by atoms with Gasteiger partial charge in [0.15, 0.2) is 0 Å². The van der Waals surface area contributed by atoms with E-state index < -0.39 is 23.1 Å². The van der Waals surface area contributed by atoms with Gasteiger partial charge >= 0.3 is 6.18 Å². The quantitative estimate of drug-likeness (QED) is 0.763. The number of nitrogens with one attached hydrogen (secondary N) is 2. The van der Waals surface area contributed by atoms with Crippen LogP contribution < -0.4 is 10.7 Å². The Bertz CT molecular complexity index is 979. The second-order valence-electron chi connectivity index (χ2n) is 5.43. The van der Waals surface area contributed by atoms with Crippen molar-refractivity contribution in [2.24, 2.45) is 0 Å². The van der Waals surface area contributed by atoms with E-state index in [-0.39, 0.29) is 23.0 Å².